The molecule has 1 atom stereocenters. The van der Waals surface area contributed by atoms with Crippen LogP contribution in [0.4, 0.5) is 0 Å². The Kier molecular flexibility index (Phi) is 4.18. The van der Waals surface area contributed by atoms with Crippen LogP contribution in [0.15, 0.2) is 27.6 Å². The minimum Gasteiger partial charge on any atom is -0.393 e. The first kappa shape index (κ1) is 15.4. The predicted octanol–water partition coefficient (Wildman–Crippen LogP) is 0.439. The van der Waals surface area contributed by atoms with Crippen LogP contribution < -0.4 is 0 Å². The number of β-amino-alcohol motifs (C(OH)–C–C–N with tert-alkyl or cyclic N) is 1. The highest BCUT2D eigenvalue weighted by atomic mass is 79.9. The van der Waals surface area contributed by atoms with Crippen LogP contribution in [0.1, 0.15) is 12.0 Å². The molecule has 20 heavy (non-hydrogen) atoms. The number of aliphatic hydroxyl groups is 2. The Bertz CT molecular complexity index is 671. The largest absolute Gasteiger partial charge is 0.393 e. The molecule has 1 aliphatic heterocycles. The average molecular weight is 361 g/mol. The summed E-state index contributed by atoms with van der Waals surface area (Å²) in [5.41, 5.74) is -1.03. The fraction of sp³-hybridized carbons (Fsp3) is 0.417. The van der Waals surface area contributed by atoms with Crippen LogP contribution in [-0.2, 0) is 10.0 Å². The highest BCUT2D eigenvalue weighted by Crippen LogP contribution is 2.31. The van der Waals surface area contributed by atoms with Crippen molar-refractivity contribution in [3.63, 3.8) is 0 Å². The van der Waals surface area contributed by atoms with E-state index in [2.05, 4.69) is 15.9 Å². The summed E-state index contributed by atoms with van der Waals surface area (Å²) >= 11 is 3.15. The number of nitriles is 1. The number of nitrogens with zero attached hydrogens (tertiary/aromatic N) is 2. The fourth-order valence-electron chi connectivity index (χ4n) is 2.07. The molecule has 1 heterocycles. The molecule has 1 saturated heterocycles. The highest BCUT2D eigenvalue weighted by molar-refractivity contribution is 9.10. The lowest BCUT2D eigenvalue weighted by atomic mass is 10.1. The Morgan fingerprint density at radius 1 is 1.50 bits per heavy atom. The van der Waals surface area contributed by atoms with E-state index in [-0.39, 0.29) is 24.4 Å². The molecule has 0 bridgehead atoms. The van der Waals surface area contributed by atoms with Gasteiger partial charge >= 0.3 is 0 Å². The Morgan fingerprint density at radius 2 is 2.20 bits per heavy atom. The van der Waals surface area contributed by atoms with Gasteiger partial charge in [-0.05, 0) is 40.5 Å². The van der Waals surface area contributed by atoms with E-state index in [1.54, 1.807) is 0 Å². The third kappa shape index (κ3) is 2.73. The zero-order chi connectivity index (χ0) is 15.0. The van der Waals surface area contributed by atoms with E-state index in [9.17, 15) is 13.5 Å². The molecule has 2 N–H and O–H groups in total. The van der Waals surface area contributed by atoms with Crippen molar-refractivity contribution in [2.75, 3.05) is 19.7 Å². The van der Waals surface area contributed by atoms with Crippen LogP contribution in [0.25, 0.3) is 0 Å². The van der Waals surface area contributed by atoms with E-state index in [0.717, 1.165) is 4.31 Å². The Hall–Kier alpha value is -0.980. The summed E-state index contributed by atoms with van der Waals surface area (Å²) in [6.45, 7) is -0.475. The maximum absolute atomic E-state index is 12.5. The topological polar surface area (TPSA) is 102 Å². The van der Waals surface area contributed by atoms with Gasteiger partial charge in [0.25, 0.3) is 0 Å². The van der Waals surface area contributed by atoms with Gasteiger partial charge in [-0.2, -0.15) is 9.57 Å². The Morgan fingerprint density at radius 3 is 2.70 bits per heavy atom. The van der Waals surface area contributed by atoms with E-state index in [0.29, 0.717) is 10.0 Å². The molecule has 0 spiro atoms. The van der Waals surface area contributed by atoms with Crippen LogP contribution in [-0.4, -0.2) is 48.2 Å². The monoisotopic (exact) mass is 360 g/mol. The molecule has 0 amide bonds. The van der Waals surface area contributed by atoms with E-state index in [1.165, 1.54) is 18.2 Å². The molecule has 0 aliphatic carbocycles. The molecule has 0 aromatic heterocycles. The maximum Gasteiger partial charge on any atom is 0.244 e. The van der Waals surface area contributed by atoms with Gasteiger partial charge in [0, 0.05) is 17.6 Å². The first-order valence-electron chi connectivity index (χ1n) is 5.85. The zero-order valence-electron chi connectivity index (χ0n) is 10.5. The van der Waals surface area contributed by atoms with Gasteiger partial charge in [0.1, 0.15) is 5.60 Å². The van der Waals surface area contributed by atoms with Crippen molar-refractivity contribution >= 4 is 26.0 Å². The van der Waals surface area contributed by atoms with Crippen molar-refractivity contribution in [1.29, 1.82) is 5.26 Å². The second-order valence-electron chi connectivity index (χ2n) is 4.73. The van der Waals surface area contributed by atoms with Gasteiger partial charge in [-0.15, -0.1) is 0 Å². The number of benzene rings is 1. The van der Waals surface area contributed by atoms with Gasteiger partial charge in [-0.3, -0.25) is 0 Å². The molecule has 1 aliphatic rings. The highest BCUT2D eigenvalue weighted by Gasteiger charge is 2.41. The maximum atomic E-state index is 12.5. The van der Waals surface area contributed by atoms with Crippen LogP contribution in [0.3, 0.4) is 0 Å². The lowest BCUT2D eigenvalue weighted by Crippen LogP contribution is -2.38. The summed E-state index contributed by atoms with van der Waals surface area (Å²) < 4.78 is 26.4. The van der Waals surface area contributed by atoms with Gasteiger partial charge in [-0.1, -0.05) is 0 Å². The SMILES string of the molecule is N#Cc1ccc(S(=O)(=O)N2CCC(O)(CO)C2)c(Br)c1. The molecule has 1 aromatic rings. The van der Waals surface area contributed by atoms with Gasteiger partial charge < -0.3 is 10.2 Å². The molecule has 1 aromatic carbocycles. The Labute approximate surface area is 125 Å². The van der Waals surface area contributed by atoms with Gasteiger partial charge in [0.15, 0.2) is 0 Å². The lowest BCUT2D eigenvalue weighted by molar-refractivity contribution is -0.000735. The van der Waals surface area contributed by atoms with Gasteiger partial charge in [-0.25, -0.2) is 8.42 Å². The van der Waals surface area contributed by atoms with E-state index >= 15 is 0 Å². The molecule has 108 valence electrons. The summed E-state index contributed by atoms with van der Waals surface area (Å²) in [4.78, 5) is 0.0405. The second-order valence-corrected chi connectivity index (χ2v) is 7.49. The van der Waals surface area contributed by atoms with Crippen molar-refractivity contribution in [1.82, 2.24) is 4.31 Å². The molecule has 0 saturated carbocycles. The predicted molar refractivity (Wildman–Crippen MR) is 74.3 cm³/mol. The minimum atomic E-state index is -3.77. The molecule has 6 nitrogen and oxygen atoms in total. The van der Waals surface area contributed by atoms with Gasteiger partial charge in [0.05, 0.1) is 23.1 Å². The smallest absolute Gasteiger partial charge is 0.244 e. The quantitative estimate of drug-likeness (QED) is 0.814. The lowest BCUT2D eigenvalue weighted by Gasteiger charge is -2.21. The average Bonchev–Trinajstić information content (AvgIpc) is 2.82. The van der Waals surface area contributed by atoms with Crippen molar-refractivity contribution < 1.29 is 18.6 Å². The third-order valence-electron chi connectivity index (χ3n) is 3.27. The van der Waals surface area contributed by atoms with Crippen LogP contribution in [0, 0.1) is 11.3 Å². The molecule has 8 heteroatoms. The summed E-state index contributed by atoms with van der Waals surface area (Å²) in [5, 5.41) is 27.8. The van der Waals surface area contributed by atoms with Crippen molar-refractivity contribution in [3.8, 4) is 6.07 Å². The summed E-state index contributed by atoms with van der Waals surface area (Å²) in [6, 6.07) is 6.14. The standard InChI is InChI=1S/C12H13BrN2O4S/c13-10-5-9(6-14)1-2-11(10)20(18,19)15-4-3-12(17,7-15)8-16/h1-2,5,16-17H,3-4,7-8H2. The number of aliphatic hydroxyl groups excluding tert-OH is 1. The van der Waals surface area contributed by atoms with E-state index < -0.39 is 22.2 Å². The van der Waals surface area contributed by atoms with E-state index in [4.69, 9.17) is 10.4 Å². The van der Waals surface area contributed by atoms with Crippen LogP contribution >= 0.6 is 15.9 Å². The Balaban J connectivity index is 2.35. The summed E-state index contributed by atoms with van der Waals surface area (Å²) in [6.07, 6.45) is 0.191. The third-order valence-corrected chi connectivity index (χ3v) is 6.09. The molecule has 1 fully saturated rings. The number of hydrogen-bond donors (Lipinski definition) is 2. The molecular formula is C12H13BrN2O4S. The molecule has 1 unspecified atom stereocenters. The van der Waals surface area contributed by atoms with Crippen molar-refractivity contribution in [2.45, 2.75) is 16.9 Å². The van der Waals surface area contributed by atoms with Crippen LogP contribution in [0.5, 0.6) is 0 Å². The molecule has 0 radical (unpaired) electrons. The minimum absolute atomic E-state index is 0.0405. The summed E-state index contributed by atoms with van der Waals surface area (Å²) in [7, 11) is -3.77. The molecule has 2 rings (SSSR count). The molecular weight excluding hydrogens is 348 g/mol. The fourth-order valence-corrected chi connectivity index (χ4v) is 4.63. The number of halogens is 1. The normalized spacial score (nSPS) is 23.7. The van der Waals surface area contributed by atoms with Gasteiger partial charge in [0.2, 0.25) is 10.0 Å². The van der Waals surface area contributed by atoms with Crippen molar-refractivity contribution in [2.24, 2.45) is 0 Å². The second kappa shape index (κ2) is 5.42. The number of rotatable bonds is 3. The van der Waals surface area contributed by atoms with Crippen molar-refractivity contribution in [3.05, 3.63) is 28.2 Å². The first-order valence-corrected chi connectivity index (χ1v) is 8.09. The summed E-state index contributed by atoms with van der Waals surface area (Å²) in [5.74, 6) is 0. The van der Waals surface area contributed by atoms with E-state index in [1.807, 2.05) is 6.07 Å². The zero-order valence-corrected chi connectivity index (χ0v) is 12.9. The number of hydrogen-bond acceptors (Lipinski definition) is 5. The number of sulfonamides is 1. The van der Waals surface area contributed by atoms with Crippen LogP contribution in [0.2, 0.25) is 0 Å². The first-order chi connectivity index (χ1) is 9.32.